The van der Waals surface area contributed by atoms with E-state index in [1.54, 1.807) is 35.6 Å². The molecule has 1 aromatic carbocycles. The van der Waals surface area contributed by atoms with E-state index in [-0.39, 0.29) is 4.90 Å². The average Bonchev–Trinajstić information content (AvgIpc) is 2.85. The van der Waals surface area contributed by atoms with E-state index in [9.17, 15) is 8.42 Å². The van der Waals surface area contributed by atoms with Crippen LogP contribution in [0.2, 0.25) is 0 Å². The van der Waals surface area contributed by atoms with Gasteiger partial charge in [0.1, 0.15) is 0 Å². The summed E-state index contributed by atoms with van der Waals surface area (Å²) in [7, 11) is -3.61. The summed E-state index contributed by atoms with van der Waals surface area (Å²) in [6.45, 7) is 2.95. The highest BCUT2D eigenvalue weighted by Crippen LogP contribution is 2.26. The van der Waals surface area contributed by atoms with Gasteiger partial charge in [-0.3, -0.25) is 0 Å². The topological polar surface area (TPSA) is 72.2 Å². The van der Waals surface area contributed by atoms with E-state index in [0.717, 1.165) is 22.3 Å². The van der Waals surface area contributed by atoms with Crippen molar-refractivity contribution in [2.24, 2.45) is 5.14 Å². The van der Waals surface area contributed by atoms with Crippen molar-refractivity contribution in [2.75, 3.05) is 6.54 Å². The van der Waals surface area contributed by atoms with Crippen LogP contribution in [-0.4, -0.2) is 15.0 Å². The van der Waals surface area contributed by atoms with Gasteiger partial charge in [0.2, 0.25) is 10.0 Å². The monoisotopic (exact) mass is 388 g/mol. The van der Waals surface area contributed by atoms with Crippen LogP contribution >= 0.6 is 27.3 Å². The van der Waals surface area contributed by atoms with Crippen LogP contribution in [0.15, 0.2) is 45.1 Å². The Morgan fingerprint density at radius 2 is 1.90 bits per heavy atom. The van der Waals surface area contributed by atoms with Gasteiger partial charge in [-0.15, -0.1) is 11.3 Å². The lowest BCUT2D eigenvalue weighted by Crippen LogP contribution is -2.20. The molecule has 114 valence electrons. The van der Waals surface area contributed by atoms with Crippen molar-refractivity contribution in [3.05, 3.63) is 50.6 Å². The predicted octanol–water partition coefficient (Wildman–Crippen LogP) is 3.05. The molecular formula is C14H17BrN2O2S2. The maximum Gasteiger partial charge on any atom is 0.238 e. The summed E-state index contributed by atoms with van der Waals surface area (Å²) in [5, 5.41) is 8.52. The number of thiophene rings is 1. The summed E-state index contributed by atoms with van der Waals surface area (Å²) in [6, 6.07) is 11.1. The Balaban J connectivity index is 1.86. The molecule has 0 aliphatic rings. The first-order valence-corrected chi connectivity index (χ1v) is 9.62. The number of sulfonamides is 1. The summed E-state index contributed by atoms with van der Waals surface area (Å²) >= 11 is 5.18. The zero-order chi connectivity index (χ0) is 15.5. The van der Waals surface area contributed by atoms with Gasteiger partial charge < -0.3 is 5.32 Å². The Labute approximate surface area is 137 Å². The number of hydrogen-bond donors (Lipinski definition) is 2. The van der Waals surface area contributed by atoms with Gasteiger partial charge in [0, 0.05) is 10.9 Å². The summed E-state index contributed by atoms with van der Waals surface area (Å²) in [4.78, 5) is 1.43. The summed E-state index contributed by atoms with van der Waals surface area (Å²) in [5.74, 6) is 0. The second-order valence-electron chi connectivity index (χ2n) is 4.76. The van der Waals surface area contributed by atoms with Gasteiger partial charge in [-0.05, 0) is 65.6 Å². The fourth-order valence-corrected chi connectivity index (χ4v) is 3.91. The lowest BCUT2D eigenvalue weighted by Gasteiger charge is -2.12. The minimum absolute atomic E-state index is 0.149. The first kappa shape index (κ1) is 16.6. The van der Waals surface area contributed by atoms with Crippen LogP contribution in [0.3, 0.4) is 0 Å². The standard InChI is InChI=1S/C14H17BrN2O2S2/c1-10(13-6-7-14(15)20-13)17-9-8-11-2-4-12(5-3-11)21(16,18)19/h2-7,10,17H,8-9H2,1H3,(H2,16,18,19). The average molecular weight is 389 g/mol. The molecule has 0 aliphatic heterocycles. The Kier molecular flexibility index (Phi) is 5.56. The van der Waals surface area contributed by atoms with Gasteiger partial charge >= 0.3 is 0 Å². The van der Waals surface area contributed by atoms with Gasteiger partial charge in [0.05, 0.1) is 8.68 Å². The van der Waals surface area contributed by atoms with Crippen molar-refractivity contribution in [3.63, 3.8) is 0 Å². The van der Waals surface area contributed by atoms with E-state index in [4.69, 9.17) is 5.14 Å². The SMILES string of the molecule is CC(NCCc1ccc(S(N)(=O)=O)cc1)c1ccc(Br)s1. The van der Waals surface area contributed by atoms with Gasteiger partial charge in [-0.1, -0.05) is 12.1 Å². The molecule has 3 N–H and O–H groups in total. The molecule has 4 nitrogen and oxygen atoms in total. The molecule has 0 radical (unpaired) electrons. The first-order chi connectivity index (χ1) is 9.86. The molecule has 0 saturated heterocycles. The van der Waals surface area contributed by atoms with E-state index in [1.807, 2.05) is 6.07 Å². The quantitative estimate of drug-likeness (QED) is 0.798. The van der Waals surface area contributed by atoms with Crippen LogP contribution in [0.25, 0.3) is 0 Å². The van der Waals surface area contributed by atoms with E-state index in [1.165, 1.54) is 4.88 Å². The van der Waals surface area contributed by atoms with Crippen LogP contribution in [0.1, 0.15) is 23.4 Å². The molecule has 1 unspecified atom stereocenters. The molecule has 0 amide bonds. The fraction of sp³-hybridized carbons (Fsp3) is 0.286. The normalized spacial score (nSPS) is 13.3. The highest BCUT2D eigenvalue weighted by atomic mass is 79.9. The molecule has 1 aromatic heterocycles. The number of rotatable bonds is 6. The molecule has 1 atom stereocenters. The minimum Gasteiger partial charge on any atom is -0.309 e. The van der Waals surface area contributed by atoms with E-state index < -0.39 is 10.0 Å². The maximum absolute atomic E-state index is 11.2. The molecule has 2 aromatic rings. The van der Waals surface area contributed by atoms with Crippen LogP contribution < -0.4 is 10.5 Å². The Morgan fingerprint density at radius 3 is 2.43 bits per heavy atom. The third-order valence-electron chi connectivity index (χ3n) is 3.14. The van der Waals surface area contributed by atoms with E-state index in [0.29, 0.717) is 6.04 Å². The molecule has 0 fully saturated rings. The second kappa shape index (κ2) is 7.02. The molecule has 7 heteroatoms. The van der Waals surface area contributed by atoms with Crippen molar-refractivity contribution in [1.82, 2.24) is 5.32 Å². The molecule has 0 saturated carbocycles. The number of primary sulfonamides is 1. The molecule has 0 bridgehead atoms. The summed E-state index contributed by atoms with van der Waals surface area (Å²) < 4.78 is 23.5. The zero-order valence-corrected chi connectivity index (χ0v) is 14.8. The predicted molar refractivity (Wildman–Crippen MR) is 90.0 cm³/mol. The highest BCUT2D eigenvalue weighted by molar-refractivity contribution is 9.11. The highest BCUT2D eigenvalue weighted by Gasteiger charge is 2.08. The van der Waals surface area contributed by atoms with Crippen LogP contribution in [0.5, 0.6) is 0 Å². The van der Waals surface area contributed by atoms with Crippen LogP contribution in [0, 0.1) is 0 Å². The van der Waals surface area contributed by atoms with Crippen molar-refractivity contribution in [2.45, 2.75) is 24.3 Å². The smallest absolute Gasteiger partial charge is 0.238 e. The number of nitrogens with two attached hydrogens (primary N) is 1. The Hall–Kier alpha value is -0.730. The lowest BCUT2D eigenvalue weighted by molar-refractivity contribution is 0.584. The third-order valence-corrected chi connectivity index (χ3v) is 5.87. The van der Waals surface area contributed by atoms with Gasteiger partial charge in [0.25, 0.3) is 0 Å². The van der Waals surface area contributed by atoms with Crippen LogP contribution in [0.4, 0.5) is 0 Å². The summed E-state index contributed by atoms with van der Waals surface area (Å²) in [5.41, 5.74) is 1.08. The Morgan fingerprint density at radius 1 is 1.24 bits per heavy atom. The second-order valence-corrected chi connectivity index (χ2v) is 8.81. The molecule has 0 spiro atoms. The van der Waals surface area contributed by atoms with Crippen molar-refractivity contribution in [1.29, 1.82) is 0 Å². The van der Waals surface area contributed by atoms with Gasteiger partial charge in [-0.2, -0.15) is 0 Å². The number of halogens is 1. The minimum atomic E-state index is -3.61. The van der Waals surface area contributed by atoms with Crippen molar-refractivity contribution < 1.29 is 8.42 Å². The number of nitrogens with one attached hydrogen (secondary N) is 1. The van der Waals surface area contributed by atoms with Crippen LogP contribution in [-0.2, 0) is 16.4 Å². The van der Waals surface area contributed by atoms with E-state index >= 15 is 0 Å². The fourth-order valence-electron chi connectivity index (χ4n) is 1.94. The maximum atomic E-state index is 11.2. The molecule has 1 heterocycles. The zero-order valence-electron chi connectivity index (χ0n) is 11.5. The van der Waals surface area contributed by atoms with E-state index in [2.05, 4.69) is 34.2 Å². The Bertz CT molecular complexity index is 696. The van der Waals surface area contributed by atoms with Gasteiger partial charge in [-0.25, -0.2) is 13.6 Å². The lowest BCUT2D eigenvalue weighted by atomic mass is 10.1. The van der Waals surface area contributed by atoms with Gasteiger partial charge in [0.15, 0.2) is 0 Å². The largest absolute Gasteiger partial charge is 0.309 e. The third kappa shape index (κ3) is 4.89. The molecular weight excluding hydrogens is 372 g/mol. The summed E-state index contributed by atoms with van der Waals surface area (Å²) in [6.07, 6.45) is 0.835. The number of hydrogen-bond acceptors (Lipinski definition) is 4. The van der Waals surface area contributed by atoms with Crippen molar-refractivity contribution in [3.8, 4) is 0 Å². The van der Waals surface area contributed by atoms with Crippen molar-refractivity contribution >= 4 is 37.3 Å². The first-order valence-electron chi connectivity index (χ1n) is 6.46. The molecule has 21 heavy (non-hydrogen) atoms. The number of benzene rings is 1. The molecule has 2 rings (SSSR count). The molecule has 0 aliphatic carbocycles.